The highest BCUT2D eigenvalue weighted by atomic mass is 35.5. The van der Waals surface area contributed by atoms with Crippen LogP contribution in [0.15, 0.2) is 53.1 Å². The van der Waals surface area contributed by atoms with E-state index < -0.39 is 11.8 Å². The quantitative estimate of drug-likeness (QED) is 0.402. The molecule has 0 fully saturated rings. The predicted molar refractivity (Wildman–Crippen MR) is 123 cm³/mol. The Labute approximate surface area is 192 Å². The van der Waals surface area contributed by atoms with Crippen molar-refractivity contribution in [1.29, 1.82) is 0 Å². The van der Waals surface area contributed by atoms with Gasteiger partial charge < -0.3 is 9.84 Å². The minimum Gasteiger partial charge on any atom is -0.360 e. The maximum atomic E-state index is 13.2. The molecule has 2 N–H and O–H groups in total. The van der Waals surface area contributed by atoms with Crippen LogP contribution in [0.4, 0.5) is 10.8 Å². The number of halogens is 1. The Kier molecular flexibility index (Phi) is 6.29. The molecule has 2 aromatic heterocycles. The number of hydrogen-bond donors (Lipinski definition) is 2. The van der Waals surface area contributed by atoms with Gasteiger partial charge in [-0.25, -0.2) is 0 Å². The van der Waals surface area contributed by atoms with Gasteiger partial charge in [0.2, 0.25) is 5.13 Å². The first-order valence-electron chi connectivity index (χ1n) is 9.73. The average molecular weight is 468 g/mol. The summed E-state index contributed by atoms with van der Waals surface area (Å²) in [7, 11) is 0. The van der Waals surface area contributed by atoms with Crippen molar-refractivity contribution in [2.24, 2.45) is 0 Å². The van der Waals surface area contributed by atoms with E-state index in [9.17, 15) is 9.59 Å². The summed E-state index contributed by atoms with van der Waals surface area (Å²) in [6.45, 7) is 3.60. The molecule has 0 spiro atoms. The highest BCUT2D eigenvalue weighted by molar-refractivity contribution is 7.15. The third kappa shape index (κ3) is 4.39. The van der Waals surface area contributed by atoms with E-state index >= 15 is 0 Å². The third-order valence-corrected chi connectivity index (χ3v) is 5.94. The molecule has 0 bridgehead atoms. The summed E-state index contributed by atoms with van der Waals surface area (Å²) in [5, 5.41) is 19.1. The zero-order valence-electron chi connectivity index (χ0n) is 17.2. The molecule has 0 atom stereocenters. The zero-order valence-corrected chi connectivity index (χ0v) is 18.8. The van der Waals surface area contributed by atoms with Gasteiger partial charge in [-0.05, 0) is 31.5 Å². The second kappa shape index (κ2) is 9.29. The van der Waals surface area contributed by atoms with Crippen molar-refractivity contribution in [3.05, 3.63) is 75.4 Å². The largest absolute Gasteiger partial charge is 0.360 e. The lowest BCUT2D eigenvalue weighted by molar-refractivity contribution is 0.102. The number of carbonyl (C=O) groups is 2. The number of carbonyl (C=O) groups excluding carboxylic acids is 2. The molecular weight excluding hydrogens is 450 g/mol. The van der Waals surface area contributed by atoms with Crippen molar-refractivity contribution < 1.29 is 14.1 Å². The van der Waals surface area contributed by atoms with Gasteiger partial charge in [-0.1, -0.05) is 65.3 Å². The van der Waals surface area contributed by atoms with Crippen molar-refractivity contribution >= 4 is 45.6 Å². The van der Waals surface area contributed by atoms with E-state index in [1.807, 2.05) is 6.92 Å². The summed E-state index contributed by atoms with van der Waals surface area (Å²) in [6.07, 6.45) is 0.728. The fraction of sp³-hybridized carbons (Fsp3) is 0.136. The summed E-state index contributed by atoms with van der Waals surface area (Å²) < 4.78 is 5.27. The molecule has 2 heterocycles. The molecule has 0 radical (unpaired) electrons. The summed E-state index contributed by atoms with van der Waals surface area (Å²) in [5.74, 6) is -0.545. The topological polar surface area (TPSA) is 110 Å². The van der Waals surface area contributed by atoms with Gasteiger partial charge in [-0.2, -0.15) is 0 Å². The number of nitrogens with zero attached hydrogens (tertiary/aromatic N) is 3. The maximum absolute atomic E-state index is 13.2. The van der Waals surface area contributed by atoms with E-state index in [1.165, 1.54) is 11.3 Å². The number of nitrogens with one attached hydrogen (secondary N) is 2. The van der Waals surface area contributed by atoms with E-state index in [0.717, 1.165) is 11.4 Å². The van der Waals surface area contributed by atoms with E-state index in [-0.39, 0.29) is 11.1 Å². The van der Waals surface area contributed by atoms with E-state index in [0.29, 0.717) is 32.9 Å². The smallest absolute Gasteiger partial charge is 0.261 e. The van der Waals surface area contributed by atoms with Crippen LogP contribution < -0.4 is 10.6 Å². The lowest BCUT2D eigenvalue weighted by Crippen LogP contribution is -2.19. The molecule has 0 aliphatic carbocycles. The van der Waals surface area contributed by atoms with Gasteiger partial charge in [0.1, 0.15) is 22.0 Å². The molecule has 32 heavy (non-hydrogen) atoms. The third-order valence-electron chi connectivity index (χ3n) is 4.63. The second-order valence-electron chi connectivity index (χ2n) is 6.75. The van der Waals surface area contributed by atoms with Crippen LogP contribution in [0, 0.1) is 6.92 Å². The molecular formula is C22H18ClN5O3S. The van der Waals surface area contributed by atoms with Crippen LogP contribution in [0.25, 0.3) is 11.3 Å². The Morgan fingerprint density at radius 3 is 2.53 bits per heavy atom. The lowest BCUT2D eigenvalue weighted by Gasteiger charge is -2.11. The van der Waals surface area contributed by atoms with Crippen LogP contribution in [0.3, 0.4) is 0 Å². The average Bonchev–Trinajstić information content (AvgIpc) is 3.40. The number of rotatable bonds is 6. The van der Waals surface area contributed by atoms with Crippen LogP contribution in [0.5, 0.6) is 0 Å². The SMILES string of the molecule is CCc1nnc(NC(=O)c2ccccc2NC(=O)c2c(-c3ccccc3Cl)noc2C)s1. The zero-order chi connectivity index (χ0) is 22.7. The van der Waals surface area contributed by atoms with Gasteiger partial charge in [0.05, 0.1) is 16.3 Å². The van der Waals surface area contributed by atoms with Crippen LogP contribution >= 0.6 is 22.9 Å². The Morgan fingerprint density at radius 2 is 1.78 bits per heavy atom. The van der Waals surface area contributed by atoms with Crippen molar-refractivity contribution in [3.63, 3.8) is 0 Å². The number of anilines is 2. The summed E-state index contributed by atoms with van der Waals surface area (Å²) in [5.41, 5.74) is 1.76. The number of benzene rings is 2. The van der Waals surface area contributed by atoms with E-state index in [2.05, 4.69) is 26.0 Å². The summed E-state index contributed by atoms with van der Waals surface area (Å²) >= 11 is 7.59. The summed E-state index contributed by atoms with van der Waals surface area (Å²) in [4.78, 5) is 26.0. The molecule has 4 aromatic rings. The highest BCUT2D eigenvalue weighted by Crippen LogP contribution is 2.31. The predicted octanol–water partition coefficient (Wildman–Crippen LogP) is 5.22. The Bertz CT molecular complexity index is 1300. The second-order valence-corrected chi connectivity index (χ2v) is 8.22. The molecule has 8 nitrogen and oxygen atoms in total. The molecule has 4 rings (SSSR count). The molecule has 10 heteroatoms. The van der Waals surface area contributed by atoms with Gasteiger partial charge in [0, 0.05) is 5.56 Å². The van der Waals surface area contributed by atoms with Crippen molar-refractivity contribution in [1.82, 2.24) is 15.4 Å². The molecule has 0 aliphatic rings. The Morgan fingerprint density at radius 1 is 1.03 bits per heavy atom. The fourth-order valence-electron chi connectivity index (χ4n) is 3.06. The van der Waals surface area contributed by atoms with Crippen LogP contribution in [-0.2, 0) is 6.42 Å². The van der Waals surface area contributed by atoms with Gasteiger partial charge in [0.15, 0.2) is 0 Å². The Balaban J connectivity index is 1.61. The van der Waals surface area contributed by atoms with Gasteiger partial charge in [0.25, 0.3) is 11.8 Å². The van der Waals surface area contributed by atoms with Crippen LogP contribution in [-0.4, -0.2) is 27.2 Å². The van der Waals surface area contributed by atoms with Crippen molar-refractivity contribution in [3.8, 4) is 11.3 Å². The number of para-hydroxylation sites is 1. The van der Waals surface area contributed by atoms with Gasteiger partial charge in [-0.3, -0.25) is 14.9 Å². The van der Waals surface area contributed by atoms with Crippen molar-refractivity contribution in [2.75, 3.05) is 10.6 Å². The molecule has 162 valence electrons. The summed E-state index contributed by atoms with van der Waals surface area (Å²) in [6, 6.07) is 13.7. The first-order chi connectivity index (χ1) is 15.5. The van der Waals surface area contributed by atoms with Gasteiger partial charge >= 0.3 is 0 Å². The first-order valence-corrected chi connectivity index (χ1v) is 10.9. The van der Waals surface area contributed by atoms with Crippen LogP contribution in [0.2, 0.25) is 5.02 Å². The molecule has 2 aromatic carbocycles. The molecule has 2 amide bonds. The highest BCUT2D eigenvalue weighted by Gasteiger charge is 2.24. The normalized spacial score (nSPS) is 10.7. The van der Waals surface area contributed by atoms with E-state index in [1.54, 1.807) is 55.5 Å². The molecule has 0 saturated heterocycles. The van der Waals surface area contributed by atoms with Crippen molar-refractivity contribution in [2.45, 2.75) is 20.3 Å². The maximum Gasteiger partial charge on any atom is 0.261 e. The fourth-order valence-corrected chi connectivity index (χ4v) is 3.96. The van der Waals surface area contributed by atoms with E-state index in [4.69, 9.17) is 16.1 Å². The minimum atomic E-state index is -0.469. The number of aryl methyl sites for hydroxylation is 2. The number of hydrogen-bond acceptors (Lipinski definition) is 7. The lowest BCUT2D eigenvalue weighted by atomic mass is 10.0. The standard InChI is InChI=1S/C22H18ClN5O3S/c1-3-17-26-27-22(32-17)25-20(29)14-9-5-7-11-16(14)24-21(30)18-12(2)31-28-19(18)13-8-4-6-10-15(13)23/h4-11H,3H2,1-2H3,(H,24,30)(H,25,27,29). The monoisotopic (exact) mass is 467 g/mol. The van der Waals surface area contributed by atoms with Crippen LogP contribution in [0.1, 0.15) is 38.4 Å². The molecule has 0 unspecified atom stereocenters. The Hall–Kier alpha value is -3.56. The molecule has 0 saturated carbocycles. The van der Waals surface area contributed by atoms with Gasteiger partial charge in [-0.15, -0.1) is 10.2 Å². The number of aromatic nitrogens is 3. The molecule has 0 aliphatic heterocycles. The first kappa shape index (κ1) is 21.7. The minimum absolute atomic E-state index is 0.241. The number of amides is 2.